The molecule has 2 N–H and O–H groups in total. The van der Waals surface area contributed by atoms with Crippen molar-refractivity contribution in [1.29, 1.82) is 0 Å². The number of hydrazone groups is 1. The van der Waals surface area contributed by atoms with E-state index in [4.69, 9.17) is 11.6 Å². The third-order valence-electron chi connectivity index (χ3n) is 3.65. The number of nitrogens with zero attached hydrogens (tertiary/aromatic N) is 1. The van der Waals surface area contributed by atoms with Crippen LogP contribution in [0.3, 0.4) is 0 Å². The van der Waals surface area contributed by atoms with Crippen molar-refractivity contribution in [3.63, 3.8) is 0 Å². The molecule has 3 aromatic carbocycles. The van der Waals surface area contributed by atoms with Crippen molar-refractivity contribution in [2.45, 2.75) is 6.42 Å². The summed E-state index contributed by atoms with van der Waals surface area (Å²) < 4.78 is 0. The maximum absolute atomic E-state index is 11.9. The van der Waals surface area contributed by atoms with Crippen LogP contribution in [0.5, 0.6) is 0 Å². The van der Waals surface area contributed by atoms with Crippen molar-refractivity contribution in [2.24, 2.45) is 5.10 Å². The van der Waals surface area contributed by atoms with Crippen molar-refractivity contribution >= 4 is 46.1 Å². The van der Waals surface area contributed by atoms with Crippen LogP contribution in [0.15, 0.2) is 71.8 Å². The van der Waals surface area contributed by atoms with Gasteiger partial charge in [0.2, 0.25) is 11.8 Å². The van der Waals surface area contributed by atoms with E-state index in [-0.39, 0.29) is 6.42 Å². The SMILES string of the molecule is O=C(CC(=O)Nc1cccc(Cl)c1)NN=Cc1cccc2ccccc12. The van der Waals surface area contributed by atoms with E-state index in [0.717, 1.165) is 16.3 Å². The molecular formula is C20H16ClN3O2. The minimum absolute atomic E-state index is 0.334. The fraction of sp³-hybridized carbons (Fsp3) is 0.0500. The Balaban J connectivity index is 1.56. The number of hydrogen-bond acceptors (Lipinski definition) is 3. The van der Waals surface area contributed by atoms with Gasteiger partial charge in [-0.1, -0.05) is 60.1 Å². The number of benzene rings is 3. The van der Waals surface area contributed by atoms with Gasteiger partial charge in [-0.25, -0.2) is 5.43 Å². The molecule has 0 aliphatic carbocycles. The largest absolute Gasteiger partial charge is 0.326 e. The number of rotatable bonds is 5. The van der Waals surface area contributed by atoms with Crippen LogP contribution in [0.2, 0.25) is 5.02 Å². The van der Waals surface area contributed by atoms with Crippen LogP contribution < -0.4 is 10.7 Å². The molecule has 0 heterocycles. The van der Waals surface area contributed by atoms with E-state index in [1.54, 1.807) is 30.5 Å². The summed E-state index contributed by atoms with van der Waals surface area (Å²) in [7, 11) is 0. The molecule has 0 aliphatic rings. The molecule has 3 aromatic rings. The average molecular weight is 366 g/mol. The molecule has 0 fully saturated rings. The van der Waals surface area contributed by atoms with Gasteiger partial charge in [-0.15, -0.1) is 0 Å². The third-order valence-corrected chi connectivity index (χ3v) is 3.88. The van der Waals surface area contributed by atoms with Crippen molar-refractivity contribution in [1.82, 2.24) is 5.43 Å². The summed E-state index contributed by atoms with van der Waals surface area (Å²) in [5.74, 6) is -0.939. The summed E-state index contributed by atoms with van der Waals surface area (Å²) in [6.07, 6.45) is 1.23. The number of carbonyl (C=O) groups is 2. The highest BCUT2D eigenvalue weighted by atomic mass is 35.5. The Morgan fingerprint density at radius 1 is 0.962 bits per heavy atom. The highest BCUT2D eigenvalue weighted by Crippen LogP contribution is 2.17. The zero-order chi connectivity index (χ0) is 18.4. The molecule has 26 heavy (non-hydrogen) atoms. The van der Waals surface area contributed by atoms with Gasteiger partial charge in [0.15, 0.2) is 0 Å². The number of fused-ring (bicyclic) bond motifs is 1. The third kappa shape index (κ3) is 4.68. The molecule has 0 unspecified atom stereocenters. The summed E-state index contributed by atoms with van der Waals surface area (Å²) in [5.41, 5.74) is 3.79. The van der Waals surface area contributed by atoms with Crippen LogP contribution in [0.1, 0.15) is 12.0 Å². The first-order valence-corrected chi connectivity index (χ1v) is 8.35. The van der Waals surface area contributed by atoms with Gasteiger partial charge in [0.05, 0.1) is 6.21 Å². The van der Waals surface area contributed by atoms with Gasteiger partial charge < -0.3 is 5.32 Å². The van der Waals surface area contributed by atoms with Gasteiger partial charge in [-0.2, -0.15) is 5.10 Å². The Hall–Kier alpha value is -3.18. The molecule has 0 aliphatic heterocycles. The highest BCUT2D eigenvalue weighted by molar-refractivity contribution is 6.30. The van der Waals surface area contributed by atoms with Crippen molar-refractivity contribution in [3.8, 4) is 0 Å². The maximum atomic E-state index is 11.9. The molecule has 2 amide bonds. The number of carbonyl (C=O) groups excluding carboxylic acids is 2. The first-order chi connectivity index (χ1) is 12.6. The van der Waals surface area contributed by atoms with Crippen LogP contribution in [0.25, 0.3) is 10.8 Å². The lowest BCUT2D eigenvalue weighted by atomic mass is 10.1. The fourth-order valence-electron chi connectivity index (χ4n) is 2.49. The zero-order valence-corrected chi connectivity index (χ0v) is 14.5. The van der Waals surface area contributed by atoms with Crippen LogP contribution in [0.4, 0.5) is 5.69 Å². The van der Waals surface area contributed by atoms with Crippen molar-refractivity contribution in [2.75, 3.05) is 5.32 Å². The molecule has 0 spiro atoms. The van der Waals surface area contributed by atoms with Gasteiger partial charge >= 0.3 is 0 Å². The Labute approximate surface area is 155 Å². The van der Waals surface area contributed by atoms with E-state index in [2.05, 4.69) is 15.8 Å². The average Bonchev–Trinajstić information content (AvgIpc) is 2.62. The Kier molecular flexibility index (Phi) is 5.61. The molecular weight excluding hydrogens is 350 g/mol. The lowest BCUT2D eigenvalue weighted by molar-refractivity contribution is -0.126. The second-order valence-corrected chi connectivity index (χ2v) is 6.03. The number of amides is 2. The molecule has 0 radical (unpaired) electrons. The van der Waals surface area contributed by atoms with Crippen molar-refractivity contribution < 1.29 is 9.59 Å². The van der Waals surface area contributed by atoms with E-state index in [0.29, 0.717) is 10.7 Å². The number of anilines is 1. The summed E-state index contributed by atoms with van der Waals surface area (Å²) in [6, 6.07) is 20.4. The van der Waals surface area contributed by atoms with Gasteiger partial charge in [0.1, 0.15) is 6.42 Å². The second-order valence-electron chi connectivity index (χ2n) is 5.60. The minimum Gasteiger partial charge on any atom is -0.326 e. The topological polar surface area (TPSA) is 70.6 Å². The Bertz CT molecular complexity index is 980. The lowest BCUT2D eigenvalue weighted by Gasteiger charge is -2.05. The van der Waals surface area contributed by atoms with E-state index < -0.39 is 11.8 Å². The normalized spacial score (nSPS) is 10.8. The van der Waals surface area contributed by atoms with E-state index >= 15 is 0 Å². The van der Waals surface area contributed by atoms with Crippen LogP contribution in [0, 0.1) is 0 Å². The molecule has 0 saturated carbocycles. The minimum atomic E-state index is -0.499. The molecule has 0 saturated heterocycles. The van der Waals surface area contributed by atoms with Gasteiger partial charge in [-0.05, 0) is 29.0 Å². The van der Waals surface area contributed by atoms with Gasteiger partial charge in [0, 0.05) is 16.3 Å². The number of halogens is 1. The maximum Gasteiger partial charge on any atom is 0.249 e. The first kappa shape index (κ1) is 17.6. The van der Waals surface area contributed by atoms with Gasteiger partial charge in [0.25, 0.3) is 0 Å². The molecule has 5 nitrogen and oxygen atoms in total. The predicted octanol–water partition coefficient (Wildman–Crippen LogP) is 3.97. The quantitative estimate of drug-likeness (QED) is 0.408. The number of nitrogens with one attached hydrogen (secondary N) is 2. The van der Waals surface area contributed by atoms with Gasteiger partial charge in [-0.3, -0.25) is 9.59 Å². The highest BCUT2D eigenvalue weighted by Gasteiger charge is 2.09. The molecule has 3 rings (SSSR count). The number of hydrogen-bond donors (Lipinski definition) is 2. The fourth-order valence-corrected chi connectivity index (χ4v) is 2.68. The first-order valence-electron chi connectivity index (χ1n) is 7.97. The smallest absolute Gasteiger partial charge is 0.249 e. The standard InChI is InChI=1S/C20H16ClN3O2/c21-16-8-4-9-17(11-16)23-19(25)12-20(26)24-22-13-15-7-3-6-14-5-1-2-10-18(14)15/h1-11,13H,12H2,(H,23,25)(H,24,26). The second kappa shape index (κ2) is 8.27. The molecule has 130 valence electrons. The molecule has 0 atom stereocenters. The zero-order valence-electron chi connectivity index (χ0n) is 13.8. The summed E-state index contributed by atoms with van der Waals surface area (Å²) in [5, 5.41) is 9.18. The van der Waals surface area contributed by atoms with E-state index in [9.17, 15) is 9.59 Å². The summed E-state index contributed by atoms with van der Waals surface area (Å²) in [4.78, 5) is 23.7. The van der Waals surface area contributed by atoms with Crippen molar-refractivity contribution in [3.05, 3.63) is 77.3 Å². The predicted molar refractivity (Wildman–Crippen MR) is 104 cm³/mol. The Morgan fingerprint density at radius 2 is 1.73 bits per heavy atom. The van der Waals surface area contributed by atoms with E-state index in [1.165, 1.54) is 0 Å². The summed E-state index contributed by atoms with van der Waals surface area (Å²) in [6.45, 7) is 0. The monoisotopic (exact) mass is 365 g/mol. The Morgan fingerprint density at radius 3 is 2.58 bits per heavy atom. The van der Waals surface area contributed by atoms with Crippen LogP contribution in [-0.2, 0) is 9.59 Å². The lowest BCUT2D eigenvalue weighted by Crippen LogP contribution is -2.24. The van der Waals surface area contributed by atoms with Crippen LogP contribution >= 0.6 is 11.6 Å². The van der Waals surface area contributed by atoms with E-state index in [1.807, 2.05) is 42.5 Å². The molecule has 0 bridgehead atoms. The van der Waals surface area contributed by atoms with Crippen LogP contribution in [-0.4, -0.2) is 18.0 Å². The molecule has 6 heteroatoms. The summed E-state index contributed by atoms with van der Waals surface area (Å²) >= 11 is 5.85. The molecule has 0 aromatic heterocycles.